The summed E-state index contributed by atoms with van der Waals surface area (Å²) in [5.41, 5.74) is 0.474. The lowest BCUT2D eigenvalue weighted by Gasteiger charge is -2.03. The number of nitro groups is 1. The number of methoxy groups -OCH3 is 1. The van der Waals surface area contributed by atoms with Gasteiger partial charge in [-0.2, -0.15) is 5.10 Å². The van der Waals surface area contributed by atoms with Crippen molar-refractivity contribution in [2.75, 3.05) is 7.11 Å². The molecule has 2 aromatic rings. The van der Waals surface area contributed by atoms with Gasteiger partial charge in [-0.05, 0) is 6.07 Å². The molecule has 0 saturated carbocycles. The number of hydrogen-bond donors (Lipinski definition) is 0. The zero-order valence-corrected chi connectivity index (χ0v) is 9.42. The van der Waals surface area contributed by atoms with Crippen molar-refractivity contribution in [3.8, 4) is 5.75 Å². The first-order valence-corrected chi connectivity index (χ1v) is 4.92. The smallest absolute Gasteiger partial charge is 0.270 e. The SMILES string of the molecule is COc1ccc([N+](=O)[O-])cc1C=Nn1cnnc1. The first-order valence-electron chi connectivity index (χ1n) is 4.92. The van der Waals surface area contributed by atoms with Crippen LogP contribution in [-0.2, 0) is 0 Å². The largest absolute Gasteiger partial charge is 0.496 e. The molecule has 92 valence electrons. The number of non-ortho nitro benzene ring substituents is 1. The van der Waals surface area contributed by atoms with E-state index in [0.29, 0.717) is 11.3 Å². The van der Waals surface area contributed by atoms with Gasteiger partial charge in [0.1, 0.15) is 18.4 Å². The van der Waals surface area contributed by atoms with Gasteiger partial charge in [0.05, 0.1) is 18.2 Å². The molecule has 1 heterocycles. The van der Waals surface area contributed by atoms with Gasteiger partial charge in [-0.1, -0.05) is 0 Å². The topological polar surface area (TPSA) is 95.4 Å². The van der Waals surface area contributed by atoms with Crippen molar-refractivity contribution >= 4 is 11.9 Å². The number of benzene rings is 1. The summed E-state index contributed by atoms with van der Waals surface area (Å²) >= 11 is 0. The van der Waals surface area contributed by atoms with Gasteiger partial charge in [0, 0.05) is 17.7 Å². The molecular formula is C10H9N5O3. The minimum atomic E-state index is -0.477. The van der Waals surface area contributed by atoms with Crippen LogP contribution >= 0.6 is 0 Å². The second-order valence-corrected chi connectivity index (χ2v) is 3.27. The first kappa shape index (κ1) is 11.7. The van der Waals surface area contributed by atoms with Crippen molar-refractivity contribution in [1.82, 2.24) is 14.9 Å². The standard InChI is InChI=1S/C10H9N5O3/c1-18-10-3-2-9(15(16)17)4-8(10)5-13-14-6-11-12-7-14/h2-7H,1H3. The molecule has 0 spiro atoms. The van der Waals surface area contributed by atoms with Crippen molar-refractivity contribution in [3.63, 3.8) is 0 Å². The number of nitro benzene ring substituents is 1. The normalized spacial score (nSPS) is 10.7. The lowest BCUT2D eigenvalue weighted by atomic mass is 10.2. The zero-order chi connectivity index (χ0) is 13.0. The molecule has 0 radical (unpaired) electrons. The Hall–Kier alpha value is -2.77. The van der Waals surface area contributed by atoms with Crippen molar-refractivity contribution in [1.29, 1.82) is 0 Å². The van der Waals surface area contributed by atoms with Gasteiger partial charge in [0.15, 0.2) is 0 Å². The van der Waals surface area contributed by atoms with E-state index in [-0.39, 0.29) is 5.69 Å². The average Bonchev–Trinajstić information content (AvgIpc) is 2.89. The number of ether oxygens (including phenoxy) is 1. The molecule has 0 N–H and O–H groups in total. The van der Waals surface area contributed by atoms with Crippen LogP contribution in [0.3, 0.4) is 0 Å². The monoisotopic (exact) mass is 247 g/mol. The van der Waals surface area contributed by atoms with Crippen LogP contribution in [0.15, 0.2) is 36.0 Å². The molecule has 0 saturated heterocycles. The Bertz CT molecular complexity index is 579. The lowest BCUT2D eigenvalue weighted by Crippen LogP contribution is -1.95. The summed E-state index contributed by atoms with van der Waals surface area (Å²) in [7, 11) is 1.48. The lowest BCUT2D eigenvalue weighted by molar-refractivity contribution is -0.384. The second-order valence-electron chi connectivity index (χ2n) is 3.27. The quantitative estimate of drug-likeness (QED) is 0.457. The average molecular weight is 247 g/mol. The van der Waals surface area contributed by atoms with E-state index in [1.165, 1.54) is 48.9 Å². The van der Waals surface area contributed by atoms with Gasteiger partial charge in [-0.3, -0.25) is 10.1 Å². The van der Waals surface area contributed by atoms with Crippen LogP contribution in [0.2, 0.25) is 0 Å². The highest BCUT2D eigenvalue weighted by Gasteiger charge is 2.09. The second kappa shape index (κ2) is 5.04. The Morgan fingerprint density at radius 3 is 2.78 bits per heavy atom. The summed E-state index contributed by atoms with van der Waals surface area (Å²) in [5, 5.41) is 21.9. The molecule has 0 aliphatic carbocycles. The molecule has 18 heavy (non-hydrogen) atoms. The maximum atomic E-state index is 10.7. The van der Waals surface area contributed by atoms with E-state index in [2.05, 4.69) is 15.3 Å². The third kappa shape index (κ3) is 2.48. The number of rotatable bonds is 4. The zero-order valence-electron chi connectivity index (χ0n) is 9.42. The van der Waals surface area contributed by atoms with E-state index < -0.39 is 4.92 Å². The van der Waals surface area contributed by atoms with Crippen LogP contribution in [0.5, 0.6) is 5.75 Å². The minimum absolute atomic E-state index is 0.0268. The molecule has 1 aromatic carbocycles. The van der Waals surface area contributed by atoms with Crippen LogP contribution in [0.25, 0.3) is 0 Å². The van der Waals surface area contributed by atoms with Crippen molar-refractivity contribution < 1.29 is 9.66 Å². The third-order valence-electron chi connectivity index (χ3n) is 2.16. The van der Waals surface area contributed by atoms with Crippen LogP contribution in [-0.4, -0.2) is 33.1 Å². The Morgan fingerprint density at radius 2 is 2.17 bits per heavy atom. The Kier molecular flexibility index (Phi) is 3.28. The van der Waals surface area contributed by atoms with Crippen LogP contribution < -0.4 is 4.74 Å². The number of nitrogens with zero attached hydrogens (tertiary/aromatic N) is 5. The molecule has 0 amide bonds. The highest BCUT2D eigenvalue weighted by molar-refractivity contribution is 5.84. The Balaban J connectivity index is 2.35. The fourth-order valence-corrected chi connectivity index (χ4v) is 1.32. The molecule has 8 nitrogen and oxygen atoms in total. The van der Waals surface area contributed by atoms with Gasteiger partial charge < -0.3 is 4.74 Å². The number of aromatic nitrogens is 3. The maximum absolute atomic E-state index is 10.7. The molecule has 0 bridgehead atoms. The summed E-state index contributed by atoms with van der Waals surface area (Å²) in [5.74, 6) is 0.498. The van der Waals surface area contributed by atoms with E-state index in [0.717, 1.165) is 0 Å². The van der Waals surface area contributed by atoms with E-state index in [1.807, 2.05) is 0 Å². The molecule has 8 heteroatoms. The maximum Gasteiger partial charge on any atom is 0.270 e. The predicted octanol–water partition coefficient (Wildman–Crippen LogP) is 1.08. The molecule has 1 aromatic heterocycles. The highest BCUT2D eigenvalue weighted by Crippen LogP contribution is 2.22. The van der Waals surface area contributed by atoms with Gasteiger partial charge in [-0.25, -0.2) is 4.68 Å². The van der Waals surface area contributed by atoms with Crippen LogP contribution in [0, 0.1) is 10.1 Å². The predicted molar refractivity (Wildman–Crippen MR) is 62.7 cm³/mol. The molecule has 0 fully saturated rings. The summed E-state index contributed by atoms with van der Waals surface area (Å²) in [6.45, 7) is 0. The Morgan fingerprint density at radius 1 is 1.44 bits per heavy atom. The van der Waals surface area contributed by atoms with E-state index in [4.69, 9.17) is 4.74 Å². The molecular weight excluding hydrogens is 238 g/mol. The van der Waals surface area contributed by atoms with Crippen molar-refractivity contribution in [2.45, 2.75) is 0 Å². The van der Waals surface area contributed by atoms with E-state index in [1.54, 1.807) is 0 Å². The Labute approximate surface area is 102 Å². The molecule has 2 rings (SSSR count). The summed E-state index contributed by atoms with van der Waals surface area (Å²) in [6.07, 6.45) is 4.25. The molecule has 0 aliphatic rings. The fourth-order valence-electron chi connectivity index (χ4n) is 1.32. The molecule has 0 aliphatic heterocycles. The van der Waals surface area contributed by atoms with Gasteiger partial charge >= 0.3 is 0 Å². The van der Waals surface area contributed by atoms with E-state index in [9.17, 15) is 10.1 Å². The van der Waals surface area contributed by atoms with Crippen molar-refractivity contribution in [2.24, 2.45) is 5.10 Å². The molecule has 0 unspecified atom stereocenters. The number of hydrogen-bond acceptors (Lipinski definition) is 6. The van der Waals surface area contributed by atoms with Crippen molar-refractivity contribution in [3.05, 3.63) is 46.5 Å². The third-order valence-corrected chi connectivity index (χ3v) is 2.16. The minimum Gasteiger partial charge on any atom is -0.496 e. The highest BCUT2D eigenvalue weighted by atomic mass is 16.6. The van der Waals surface area contributed by atoms with E-state index >= 15 is 0 Å². The summed E-state index contributed by atoms with van der Waals surface area (Å²) in [6, 6.07) is 4.27. The summed E-state index contributed by atoms with van der Waals surface area (Å²) < 4.78 is 6.47. The van der Waals surface area contributed by atoms with Gasteiger partial charge in [0.25, 0.3) is 5.69 Å². The first-order chi connectivity index (χ1) is 8.70. The van der Waals surface area contributed by atoms with Gasteiger partial charge in [-0.15, -0.1) is 10.2 Å². The van der Waals surface area contributed by atoms with Crippen LogP contribution in [0.4, 0.5) is 5.69 Å². The fraction of sp³-hybridized carbons (Fsp3) is 0.100. The molecule has 0 atom stereocenters. The van der Waals surface area contributed by atoms with Crippen LogP contribution in [0.1, 0.15) is 5.56 Å². The summed E-state index contributed by atoms with van der Waals surface area (Å²) in [4.78, 5) is 10.2. The van der Waals surface area contributed by atoms with Gasteiger partial charge in [0.2, 0.25) is 0 Å².